The molecular weight excluding hydrogens is 256 g/mol. The van der Waals surface area contributed by atoms with Gasteiger partial charge in [0.05, 0.1) is 18.5 Å². The number of aryl methyl sites for hydroxylation is 2. The smallest absolute Gasteiger partial charge is 0.255 e. The number of hydrogen-bond donors (Lipinski definition) is 2. The summed E-state index contributed by atoms with van der Waals surface area (Å²) in [5, 5.41) is 7.12. The first-order valence-electron chi connectivity index (χ1n) is 6.32. The van der Waals surface area contributed by atoms with Crippen molar-refractivity contribution in [2.45, 2.75) is 13.3 Å². The third kappa shape index (κ3) is 2.90. The summed E-state index contributed by atoms with van der Waals surface area (Å²) < 4.78 is 6.78. The molecular formula is C14H18N4O2. The third-order valence-electron chi connectivity index (χ3n) is 2.92. The Labute approximate surface area is 117 Å². The maximum absolute atomic E-state index is 12.3. The lowest BCUT2D eigenvalue weighted by Gasteiger charge is -2.07. The van der Waals surface area contributed by atoms with Gasteiger partial charge in [-0.05, 0) is 18.6 Å². The summed E-state index contributed by atoms with van der Waals surface area (Å²) in [6.45, 7) is 1.99. The highest BCUT2D eigenvalue weighted by atomic mass is 16.5. The van der Waals surface area contributed by atoms with Crippen molar-refractivity contribution in [3.8, 4) is 5.75 Å². The van der Waals surface area contributed by atoms with Crippen LogP contribution in [0.3, 0.4) is 0 Å². The van der Waals surface area contributed by atoms with Gasteiger partial charge < -0.3 is 15.8 Å². The number of amides is 1. The van der Waals surface area contributed by atoms with Gasteiger partial charge in [-0.2, -0.15) is 5.10 Å². The van der Waals surface area contributed by atoms with Gasteiger partial charge in [0.15, 0.2) is 0 Å². The van der Waals surface area contributed by atoms with Crippen molar-refractivity contribution in [2.75, 3.05) is 18.2 Å². The first kappa shape index (κ1) is 13.9. The van der Waals surface area contributed by atoms with E-state index < -0.39 is 0 Å². The quantitative estimate of drug-likeness (QED) is 0.833. The lowest BCUT2D eigenvalue weighted by molar-refractivity contribution is 0.102. The summed E-state index contributed by atoms with van der Waals surface area (Å²) in [7, 11) is 3.35. The summed E-state index contributed by atoms with van der Waals surface area (Å²) in [4.78, 5) is 12.3. The van der Waals surface area contributed by atoms with Crippen LogP contribution in [0.1, 0.15) is 23.0 Å². The van der Waals surface area contributed by atoms with Crippen LogP contribution in [-0.2, 0) is 13.5 Å². The number of anilines is 2. The number of carbonyl (C=O) groups is 1. The third-order valence-corrected chi connectivity index (χ3v) is 2.92. The van der Waals surface area contributed by atoms with Crippen molar-refractivity contribution >= 4 is 17.3 Å². The zero-order valence-electron chi connectivity index (χ0n) is 11.8. The molecule has 0 aliphatic heterocycles. The number of nitrogens with two attached hydrogens (primary N) is 1. The molecule has 0 radical (unpaired) electrons. The van der Waals surface area contributed by atoms with Gasteiger partial charge in [-0.1, -0.05) is 6.92 Å². The number of hydrogen-bond acceptors (Lipinski definition) is 4. The monoisotopic (exact) mass is 274 g/mol. The van der Waals surface area contributed by atoms with Crippen LogP contribution in [0.25, 0.3) is 0 Å². The summed E-state index contributed by atoms with van der Waals surface area (Å²) in [5.74, 6) is 0.315. The van der Waals surface area contributed by atoms with Crippen LogP contribution in [0, 0.1) is 0 Å². The molecule has 0 saturated carbocycles. The number of methoxy groups -OCH3 is 1. The molecule has 0 saturated heterocycles. The van der Waals surface area contributed by atoms with Gasteiger partial charge in [-0.25, -0.2) is 0 Å². The first-order valence-corrected chi connectivity index (χ1v) is 6.32. The average molecular weight is 274 g/mol. The summed E-state index contributed by atoms with van der Waals surface area (Å²) in [5.41, 5.74) is 8.24. The highest BCUT2D eigenvalue weighted by Crippen LogP contribution is 2.20. The molecule has 0 bridgehead atoms. The Morgan fingerprint density at radius 3 is 2.85 bits per heavy atom. The molecule has 1 aromatic carbocycles. The number of aromatic nitrogens is 2. The summed E-state index contributed by atoms with van der Waals surface area (Å²) in [6.07, 6.45) is 2.52. The minimum absolute atomic E-state index is 0.238. The van der Waals surface area contributed by atoms with E-state index in [9.17, 15) is 4.79 Å². The molecule has 6 heteroatoms. The molecule has 3 N–H and O–H groups in total. The van der Waals surface area contributed by atoms with Crippen LogP contribution >= 0.6 is 0 Å². The average Bonchev–Trinajstić information content (AvgIpc) is 2.77. The molecule has 0 unspecified atom stereocenters. The van der Waals surface area contributed by atoms with Crippen molar-refractivity contribution in [3.05, 3.63) is 35.7 Å². The molecule has 1 amide bonds. The van der Waals surface area contributed by atoms with Crippen LogP contribution in [-0.4, -0.2) is 22.8 Å². The van der Waals surface area contributed by atoms with Gasteiger partial charge >= 0.3 is 0 Å². The Bertz CT molecular complexity index is 634. The number of benzene rings is 1. The number of rotatable bonds is 4. The van der Waals surface area contributed by atoms with E-state index in [1.807, 2.05) is 14.0 Å². The predicted octanol–water partition coefficient (Wildman–Crippen LogP) is 1.83. The van der Waals surface area contributed by atoms with Gasteiger partial charge in [0.2, 0.25) is 0 Å². The van der Waals surface area contributed by atoms with E-state index in [0.717, 1.165) is 12.1 Å². The molecule has 0 atom stereocenters. The molecule has 1 heterocycles. The fourth-order valence-electron chi connectivity index (χ4n) is 1.97. The fourth-order valence-corrected chi connectivity index (χ4v) is 1.97. The normalized spacial score (nSPS) is 10.3. The maximum Gasteiger partial charge on any atom is 0.255 e. The fraction of sp³-hybridized carbons (Fsp3) is 0.286. The van der Waals surface area contributed by atoms with Gasteiger partial charge in [-0.3, -0.25) is 9.48 Å². The summed E-state index contributed by atoms with van der Waals surface area (Å²) >= 11 is 0. The zero-order valence-corrected chi connectivity index (χ0v) is 11.8. The van der Waals surface area contributed by atoms with Crippen LogP contribution in [0.15, 0.2) is 24.4 Å². The highest BCUT2D eigenvalue weighted by molar-refractivity contribution is 6.05. The van der Waals surface area contributed by atoms with Crippen molar-refractivity contribution in [1.29, 1.82) is 0 Å². The molecule has 6 nitrogen and oxygen atoms in total. The molecule has 2 rings (SSSR count). The van der Waals surface area contributed by atoms with Crippen LogP contribution in [0.4, 0.5) is 11.4 Å². The molecule has 1 aromatic heterocycles. The lowest BCUT2D eigenvalue weighted by atomic mass is 10.1. The molecule has 0 fully saturated rings. The Hall–Kier alpha value is -2.50. The van der Waals surface area contributed by atoms with Crippen molar-refractivity contribution < 1.29 is 9.53 Å². The van der Waals surface area contributed by atoms with E-state index in [4.69, 9.17) is 10.5 Å². The van der Waals surface area contributed by atoms with E-state index in [0.29, 0.717) is 22.7 Å². The molecule has 0 spiro atoms. The second-order valence-electron chi connectivity index (χ2n) is 4.47. The summed E-state index contributed by atoms with van der Waals surface area (Å²) in [6, 6.07) is 4.92. The van der Waals surface area contributed by atoms with Gasteiger partial charge in [0.25, 0.3) is 5.91 Å². The van der Waals surface area contributed by atoms with Crippen molar-refractivity contribution in [3.63, 3.8) is 0 Å². The van der Waals surface area contributed by atoms with E-state index >= 15 is 0 Å². The van der Waals surface area contributed by atoms with E-state index in [-0.39, 0.29) is 5.91 Å². The molecule has 2 aromatic rings. The van der Waals surface area contributed by atoms with E-state index in [2.05, 4.69) is 10.4 Å². The van der Waals surface area contributed by atoms with Crippen molar-refractivity contribution in [2.24, 2.45) is 7.05 Å². The minimum atomic E-state index is -0.238. The Morgan fingerprint density at radius 1 is 1.45 bits per heavy atom. The number of ether oxygens (including phenoxy) is 1. The Balaban J connectivity index is 2.25. The lowest BCUT2D eigenvalue weighted by Crippen LogP contribution is -2.13. The molecule has 0 aliphatic carbocycles. The standard InChI is InChI=1S/C14H18N4O2/c1-4-12-13(8-18(2)17-12)16-14(19)9-5-10(15)7-11(6-9)20-3/h5-8H,4,15H2,1-3H3,(H,16,19). The minimum Gasteiger partial charge on any atom is -0.497 e. The van der Waals surface area contributed by atoms with E-state index in [1.165, 1.54) is 7.11 Å². The molecule has 106 valence electrons. The number of nitrogen functional groups attached to an aromatic ring is 1. The Kier molecular flexibility index (Phi) is 3.93. The largest absolute Gasteiger partial charge is 0.497 e. The van der Waals surface area contributed by atoms with Gasteiger partial charge in [-0.15, -0.1) is 0 Å². The number of nitrogens with zero attached hydrogens (tertiary/aromatic N) is 2. The van der Waals surface area contributed by atoms with Crippen LogP contribution in [0.5, 0.6) is 5.75 Å². The zero-order chi connectivity index (χ0) is 14.7. The highest BCUT2D eigenvalue weighted by Gasteiger charge is 2.12. The number of carbonyl (C=O) groups excluding carboxylic acids is 1. The van der Waals surface area contributed by atoms with E-state index in [1.54, 1.807) is 29.1 Å². The van der Waals surface area contributed by atoms with Crippen molar-refractivity contribution in [1.82, 2.24) is 9.78 Å². The molecule has 20 heavy (non-hydrogen) atoms. The Morgan fingerprint density at radius 2 is 2.20 bits per heavy atom. The second-order valence-corrected chi connectivity index (χ2v) is 4.47. The maximum atomic E-state index is 12.3. The van der Waals surface area contributed by atoms with Crippen LogP contribution in [0.2, 0.25) is 0 Å². The SMILES string of the molecule is CCc1nn(C)cc1NC(=O)c1cc(N)cc(OC)c1. The number of nitrogens with one attached hydrogen (secondary N) is 1. The van der Waals surface area contributed by atoms with Gasteiger partial charge in [0.1, 0.15) is 5.75 Å². The van der Waals surface area contributed by atoms with Gasteiger partial charge in [0, 0.05) is 30.6 Å². The second kappa shape index (κ2) is 5.64. The predicted molar refractivity (Wildman–Crippen MR) is 77.9 cm³/mol. The molecule has 0 aliphatic rings. The topological polar surface area (TPSA) is 82.2 Å². The first-order chi connectivity index (χ1) is 9.53. The van der Waals surface area contributed by atoms with Crippen LogP contribution < -0.4 is 15.8 Å².